The topological polar surface area (TPSA) is 58.9 Å². The van der Waals surface area contributed by atoms with Gasteiger partial charge in [-0.3, -0.25) is 0 Å². The van der Waals surface area contributed by atoms with E-state index in [0.717, 1.165) is 43.3 Å². The highest BCUT2D eigenvalue weighted by molar-refractivity contribution is 7.26. The SMILES string of the molecule is [C-]#[N+]c1cc(-c2nc(-c3ccc4c(c3)sc3ccccc34)nc(-c3ccccc3)c2C#N)ccc1-n1c2ccccc2c2ccc3sc4ccccc4c3c21. The highest BCUT2D eigenvalue weighted by Crippen LogP contribution is 2.45. The summed E-state index contributed by atoms with van der Waals surface area (Å²) in [4.78, 5) is 14.3. The number of fused-ring (bicyclic) bond motifs is 10. The van der Waals surface area contributed by atoms with Crippen molar-refractivity contribution in [1.29, 1.82) is 5.26 Å². The number of hydrogen-bond donors (Lipinski definition) is 0. The molecule has 0 radical (unpaired) electrons. The van der Waals surface area contributed by atoms with E-state index in [1.165, 1.54) is 35.6 Å². The van der Waals surface area contributed by atoms with Gasteiger partial charge in [-0.15, -0.1) is 22.7 Å². The van der Waals surface area contributed by atoms with E-state index in [-0.39, 0.29) is 0 Å². The Balaban J connectivity index is 1.16. The van der Waals surface area contributed by atoms with Crippen LogP contribution in [0, 0.1) is 17.9 Å². The molecule has 0 bridgehead atoms. The lowest BCUT2D eigenvalue weighted by molar-refractivity contribution is 1.16. The maximum Gasteiger partial charge on any atom is 0.211 e. The molecule has 0 saturated heterocycles. The second kappa shape index (κ2) is 12.2. The normalized spacial score (nSPS) is 11.6. The van der Waals surface area contributed by atoms with Crippen molar-refractivity contribution in [3.05, 3.63) is 169 Å². The maximum atomic E-state index is 10.7. The fourth-order valence-corrected chi connectivity index (χ4v) is 10.3. The van der Waals surface area contributed by atoms with Gasteiger partial charge < -0.3 is 4.57 Å². The number of rotatable bonds is 4. The molecule has 5 nitrogen and oxygen atoms in total. The summed E-state index contributed by atoms with van der Waals surface area (Å²) in [6, 6.07) is 54.3. The molecule has 4 heterocycles. The first-order chi connectivity index (χ1) is 27.2. The van der Waals surface area contributed by atoms with E-state index in [9.17, 15) is 5.26 Å². The van der Waals surface area contributed by atoms with Crippen molar-refractivity contribution in [2.75, 3.05) is 0 Å². The summed E-state index contributed by atoms with van der Waals surface area (Å²) < 4.78 is 7.05. The van der Waals surface area contributed by atoms with Gasteiger partial charge in [-0.2, -0.15) is 5.26 Å². The Morgan fingerprint density at radius 3 is 1.98 bits per heavy atom. The number of benzene rings is 7. The standard InChI is InChI=1S/C48H25N5S2/c1-50-37-25-29(20-23-39(37)53-38-16-8-5-13-31(38)34-22-24-42-44(47(34)53)35-15-7-10-18-41(35)54-42)46-36(27-49)45(28-11-3-2-4-12-28)51-48(52-46)30-19-21-33-32-14-6-9-17-40(32)55-43(33)26-30/h2-26H. The predicted molar refractivity (Wildman–Crippen MR) is 229 cm³/mol. The molecule has 0 aliphatic carbocycles. The largest absolute Gasteiger partial charge is 0.318 e. The number of nitriles is 1. The first-order valence-electron chi connectivity index (χ1n) is 17.8. The van der Waals surface area contributed by atoms with Crippen LogP contribution < -0.4 is 0 Å². The van der Waals surface area contributed by atoms with Crippen LogP contribution in [0.15, 0.2) is 152 Å². The molecule has 0 spiro atoms. The van der Waals surface area contributed by atoms with Gasteiger partial charge in [-0.25, -0.2) is 14.8 Å². The van der Waals surface area contributed by atoms with Crippen LogP contribution in [0.25, 0.3) is 107 Å². The maximum absolute atomic E-state index is 10.7. The Bertz CT molecular complexity index is 3470. The number of thiophene rings is 2. The van der Waals surface area contributed by atoms with Crippen molar-refractivity contribution in [2.45, 2.75) is 0 Å². The molecular formula is C48H25N5S2. The van der Waals surface area contributed by atoms with Crippen LogP contribution in [0.5, 0.6) is 0 Å². The molecule has 4 aromatic heterocycles. The average Bonchev–Trinajstić information content (AvgIpc) is 3.92. The quantitative estimate of drug-likeness (QED) is 0.169. The lowest BCUT2D eigenvalue weighted by Gasteiger charge is -2.15. The fourth-order valence-electron chi connectivity index (χ4n) is 8.04. The van der Waals surface area contributed by atoms with E-state index in [1.807, 2.05) is 48.5 Å². The molecule has 254 valence electrons. The minimum atomic E-state index is 0.366. The first kappa shape index (κ1) is 31.4. The van der Waals surface area contributed by atoms with Crippen molar-refractivity contribution in [3.63, 3.8) is 0 Å². The second-order valence-corrected chi connectivity index (χ2v) is 15.7. The molecule has 11 rings (SSSR count). The predicted octanol–water partition coefficient (Wildman–Crippen LogP) is 13.7. The Hall–Kier alpha value is -7.16. The van der Waals surface area contributed by atoms with Gasteiger partial charge in [0.15, 0.2) is 5.82 Å². The van der Waals surface area contributed by atoms with Gasteiger partial charge in [0.1, 0.15) is 11.6 Å². The van der Waals surface area contributed by atoms with E-state index >= 15 is 0 Å². The second-order valence-electron chi connectivity index (χ2n) is 13.5. The summed E-state index contributed by atoms with van der Waals surface area (Å²) in [7, 11) is 0. The number of aromatic nitrogens is 3. The van der Waals surface area contributed by atoms with Gasteiger partial charge >= 0.3 is 0 Å². The van der Waals surface area contributed by atoms with Gasteiger partial charge in [-0.05, 0) is 48.0 Å². The first-order valence-corrected chi connectivity index (χ1v) is 19.5. The van der Waals surface area contributed by atoms with Gasteiger partial charge in [0.05, 0.1) is 34.7 Å². The van der Waals surface area contributed by atoms with Crippen LogP contribution in [0.3, 0.4) is 0 Å². The third kappa shape index (κ3) is 4.75. The number of para-hydroxylation sites is 1. The molecule has 0 amide bonds. The van der Waals surface area contributed by atoms with Crippen LogP contribution >= 0.6 is 22.7 Å². The van der Waals surface area contributed by atoms with Crippen LogP contribution in [0.1, 0.15) is 5.56 Å². The Labute approximate surface area is 323 Å². The molecule has 0 fully saturated rings. The molecular weight excluding hydrogens is 711 g/mol. The zero-order valence-electron chi connectivity index (χ0n) is 29.0. The van der Waals surface area contributed by atoms with Gasteiger partial charge in [-0.1, -0.05) is 109 Å². The zero-order chi connectivity index (χ0) is 36.6. The molecule has 0 aliphatic rings. The van der Waals surface area contributed by atoms with E-state index in [2.05, 4.69) is 119 Å². The smallest absolute Gasteiger partial charge is 0.211 e. The summed E-state index contributed by atoms with van der Waals surface area (Å²) in [5.41, 5.74) is 7.14. The van der Waals surface area contributed by atoms with Crippen molar-refractivity contribution >= 4 is 90.5 Å². The van der Waals surface area contributed by atoms with Crippen LogP contribution in [0.4, 0.5) is 5.69 Å². The van der Waals surface area contributed by atoms with Crippen molar-refractivity contribution in [2.24, 2.45) is 0 Å². The summed E-state index contributed by atoms with van der Waals surface area (Å²) in [6.45, 7) is 8.52. The molecule has 0 saturated carbocycles. The Kier molecular flexibility index (Phi) is 6.96. The van der Waals surface area contributed by atoms with Crippen LogP contribution in [-0.2, 0) is 0 Å². The van der Waals surface area contributed by atoms with E-state index in [4.69, 9.17) is 16.5 Å². The molecule has 7 aromatic carbocycles. The average molecular weight is 736 g/mol. The van der Waals surface area contributed by atoms with E-state index < -0.39 is 0 Å². The molecule has 0 aliphatic heterocycles. The monoisotopic (exact) mass is 735 g/mol. The highest BCUT2D eigenvalue weighted by atomic mass is 32.1. The van der Waals surface area contributed by atoms with Gasteiger partial charge in [0, 0.05) is 62.2 Å². The third-order valence-corrected chi connectivity index (χ3v) is 12.8. The molecule has 0 unspecified atom stereocenters. The number of nitrogens with zero attached hydrogens (tertiary/aromatic N) is 5. The summed E-state index contributed by atoms with van der Waals surface area (Å²) in [5, 5.41) is 17.8. The van der Waals surface area contributed by atoms with Crippen molar-refractivity contribution < 1.29 is 0 Å². The van der Waals surface area contributed by atoms with Crippen molar-refractivity contribution in [3.8, 4) is 45.7 Å². The number of hydrogen-bond acceptors (Lipinski definition) is 5. The minimum Gasteiger partial charge on any atom is -0.318 e. The Morgan fingerprint density at radius 1 is 0.545 bits per heavy atom. The van der Waals surface area contributed by atoms with Crippen LogP contribution in [0.2, 0.25) is 0 Å². The minimum absolute atomic E-state index is 0.366. The Morgan fingerprint density at radius 2 is 1.18 bits per heavy atom. The van der Waals surface area contributed by atoms with Gasteiger partial charge in [0.25, 0.3) is 0 Å². The third-order valence-electron chi connectivity index (χ3n) is 10.5. The molecule has 7 heteroatoms. The lowest BCUT2D eigenvalue weighted by atomic mass is 9.99. The molecule has 11 aromatic rings. The van der Waals surface area contributed by atoms with Crippen LogP contribution in [-0.4, -0.2) is 14.5 Å². The zero-order valence-corrected chi connectivity index (χ0v) is 30.6. The summed E-state index contributed by atoms with van der Waals surface area (Å²) >= 11 is 3.53. The summed E-state index contributed by atoms with van der Waals surface area (Å²) in [5.74, 6) is 0.523. The summed E-state index contributed by atoms with van der Waals surface area (Å²) in [6.07, 6.45) is 0. The van der Waals surface area contributed by atoms with Crippen molar-refractivity contribution in [1.82, 2.24) is 14.5 Å². The molecule has 0 atom stereocenters. The van der Waals surface area contributed by atoms with E-state index in [1.54, 1.807) is 22.7 Å². The lowest BCUT2D eigenvalue weighted by Crippen LogP contribution is -2.01. The fraction of sp³-hybridized carbons (Fsp3) is 0. The van der Waals surface area contributed by atoms with E-state index in [0.29, 0.717) is 34.0 Å². The molecule has 0 N–H and O–H groups in total. The highest BCUT2D eigenvalue weighted by Gasteiger charge is 2.23. The molecule has 55 heavy (non-hydrogen) atoms. The van der Waals surface area contributed by atoms with Gasteiger partial charge in [0.2, 0.25) is 5.69 Å².